The van der Waals surface area contributed by atoms with Gasteiger partial charge in [0.15, 0.2) is 11.6 Å². The number of hydrogen-bond donors (Lipinski definition) is 1. The first-order valence-corrected chi connectivity index (χ1v) is 9.72. The van der Waals surface area contributed by atoms with Crippen LogP contribution in [0.1, 0.15) is 31.8 Å². The van der Waals surface area contributed by atoms with E-state index in [1.54, 1.807) is 48.5 Å². The van der Waals surface area contributed by atoms with Crippen molar-refractivity contribution >= 4 is 33.3 Å². The Labute approximate surface area is 165 Å². The molecule has 0 saturated carbocycles. The van der Waals surface area contributed by atoms with Crippen LogP contribution in [-0.2, 0) is 10.1 Å². The van der Waals surface area contributed by atoms with Gasteiger partial charge in [-0.15, -0.1) is 0 Å². The van der Waals surface area contributed by atoms with Gasteiger partial charge in [0.05, 0.1) is 9.92 Å². The SMILES string of the molecule is O=C1c2ccccc2C(=O)c2ccccc21.O=S(=O)(O)c1ccc(Cl)c(F)c1. The summed E-state index contributed by atoms with van der Waals surface area (Å²) in [6, 6.07) is 16.6. The smallest absolute Gasteiger partial charge is 0.289 e. The summed E-state index contributed by atoms with van der Waals surface area (Å²) >= 11 is 5.28. The van der Waals surface area contributed by atoms with Gasteiger partial charge in [-0.3, -0.25) is 14.1 Å². The fraction of sp³-hybridized carbons (Fsp3) is 0. The molecule has 28 heavy (non-hydrogen) atoms. The minimum atomic E-state index is -4.34. The maximum Gasteiger partial charge on any atom is 0.294 e. The second-order valence-corrected chi connectivity index (χ2v) is 7.63. The lowest BCUT2D eigenvalue weighted by Crippen LogP contribution is -2.20. The highest BCUT2D eigenvalue weighted by Gasteiger charge is 2.28. The van der Waals surface area contributed by atoms with E-state index >= 15 is 0 Å². The lowest BCUT2D eigenvalue weighted by atomic mass is 9.84. The Hall–Kier alpha value is -2.87. The molecule has 0 fully saturated rings. The number of halogens is 2. The molecule has 0 aromatic heterocycles. The molecule has 5 nitrogen and oxygen atoms in total. The van der Waals surface area contributed by atoms with Gasteiger partial charge in [0, 0.05) is 22.3 Å². The average molecular weight is 419 g/mol. The Balaban J connectivity index is 0.000000169. The molecule has 0 radical (unpaired) electrons. The highest BCUT2D eigenvalue weighted by molar-refractivity contribution is 7.85. The molecule has 0 heterocycles. The van der Waals surface area contributed by atoms with Gasteiger partial charge in [-0.1, -0.05) is 60.1 Å². The normalized spacial score (nSPS) is 12.5. The Morgan fingerprint density at radius 2 is 1.14 bits per heavy atom. The Morgan fingerprint density at radius 3 is 1.46 bits per heavy atom. The van der Waals surface area contributed by atoms with Crippen LogP contribution in [0.15, 0.2) is 71.6 Å². The van der Waals surface area contributed by atoms with E-state index < -0.39 is 20.8 Å². The van der Waals surface area contributed by atoms with Crippen LogP contribution in [0.25, 0.3) is 0 Å². The lowest BCUT2D eigenvalue weighted by Gasteiger charge is -2.16. The molecule has 1 N–H and O–H groups in total. The predicted octanol–water partition coefficient (Wildman–Crippen LogP) is 4.19. The quantitative estimate of drug-likeness (QED) is 0.468. The third-order valence-corrected chi connectivity index (χ3v) is 5.18. The highest BCUT2D eigenvalue weighted by atomic mass is 35.5. The van der Waals surface area contributed by atoms with Crippen molar-refractivity contribution in [1.29, 1.82) is 0 Å². The summed E-state index contributed by atoms with van der Waals surface area (Å²) in [5.41, 5.74) is 2.02. The van der Waals surface area contributed by atoms with Crippen molar-refractivity contribution in [1.82, 2.24) is 0 Å². The van der Waals surface area contributed by atoms with E-state index in [-0.39, 0.29) is 16.6 Å². The van der Waals surface area contributed by atoms with Crippen LogP contribution in [-0.4, -0.2) is 24.5 Å². The molecule has 4 rings (SSSR count). The summed E-state index contributed by atoms with van der Waals surface area (Å²) in [5, 5.41) is -0.192. The summed E-state index contributed by atoms with van der Waals surface area (Å²) in [6.45, 7) is 0. The largest absolute Gasteiger partial charge is 0.294 e. The van der Waals surface area contributed by atoms with E-state index in [9.17, 15) is 22.4 Å². The van der Waals surface area contributed by atoms with Crippen LogP contribution in [0.5, 0.6) is 0 Å². The molecule has 0 unspecified atom stereocenters. The second kappa shape index (κ2) is 7.63. The van der Waals surface area contributed by atoms with Crippen molar-refractivity contribution in [2.24, 2.45) is 0 Å². The van der Waals surface area contributed by atoms with Crippen LogP contribution in [0.4, 0.5) is 4.39 Å². The summed E-state index contributed by atoms with van der Waals surface area (Å²) < 4.78 is 42.0. The number of rotatable bonds is 1. The van der Waals surface area contributed by atoms with E-state index in [2.05, 4.69) is 0 Å². The molecule has 0 bridgehead atoms. The zero-order valence-electron chi connectivity index (χ0n) is 14.1. The highest BCUT2D eigenvalue weighted by Crippen LogP contribution is 2.26. The second-order valence-electron chi connectivity index (χ2n) is 5.80. The van der Waals surface area contributed by atoms with Crippen molar-refractivity contribution in [3.63, 3.8) is 0 Å². The maximum absolute atomic E-state index is 12.6. The Kier molecular flexibility index (Phi) is 5.42. The topological polar surface area (TPSA) is 88.5 Å². The first-order chi connectivity index (χ1) is 13.2. The van der Waals surface area contributed by atoms with Crippen LogP contribution >= 0.6 is 11.6 Å². The number of carbonyl (C=O) groups excluding carboxylic acids is 2. The van der Waals surface area contributed by atoms with Crippen molar-refractivity contribution in [3.05, 3.63) is 99.8 Å². The molecular formula is C20H12ClFO5S. The van der Waals surface area contributed by atoms with Crippen molar-refractivity contribution in [3.8, 4) is 0 Å². The molecule has 0 aliphatic heterocycles. The van der Waals surface area contributed by atoms with Gasteiger partial charge in [0.2, 0.25) is 0 Å². The van der Waals surface area contributed by atoms with Crippen molar-refractivity contribution in [2.75, 3.05) is 0 Å². The molecule has 8 heteroatoms. The lowest BCUT2D eigenvalue weighted by molar-refractivity contribution is 0.0979. The van der Waals surface area contributed by atoms with Crippen LogP contribution in [0, 0.1) is 5.82 Å². The van der Waals surface area contributed by atoms with Gasteiger partial charge in [0.1, 0.15) is 5.82 Å². The van der Waals surface area contributed by atoms with E-state index in [0.29, 0.717) is 28.3 Å². The van der Waals surface area contributed by atoms with Gasteiger partial charge in [-0.25, -0.2) is 4.39 Å². The zero-order valence-corrected chi connectivity index (χ0v) is 15.7. The molecule has 1 aliphatic carbocycles. The molecule has 0 saturated heterocycles. The van der Waals surface area contributed by atoms with Crippen LogP contribution < -0.4 is 0 Å². The van der Waals surface area contributed by atoms with Gasteiger partial charge in [0.25, 0.3) is 10.1 Å². The van der Waals surface area contributed by atoms with E-state index in [1.165, 1.54) is 0 Å². The summed E-state index contributed by atoms with van der Waals surface area (Å²) in [7, 11) is -4.34. The van der Waals surface area contributed by atoms with E-state index in [0.717, 1.165) is 12.1 Å². The number of fused-ring (bicyclic) bond motifs is 2. The Morgan fingerprint density at radius 1 is 0.750 bits per heavy atom. The zero-order chi connectivity index (χ0) is 20.5. The summed E-state index contributed by atoms with van der Waals surface area (Å²) in [6.07, 6.45) is 0. The van der Waals surface area contributed by atoms with Crippen LogP contribution in [0.3, 0.4) is 0 Å². The third-order valence-electron chi connectivity index (χ3n) is 4.02. The van der Waals surface area contributed by atoms with E-state index in [1.807, 2.05) is 0 Å². The first-order valence-electron chi connectivity index (χ1n) is 7.90. The monoisotopic (exact) mass is 418 g/mol. The maximum atomic E-state index is 12.6. The molecule has 0 amide bonds. The molecule has 1 aliphatic rings. The first kappa shape index (κ1) is 19.9. The fourth-order valence-corrected chi connectivity index (χ4v) is 3.30. The van der Waals surface area contributed by atoms with Gasteiger partial charge in [-0.2, -0.15) is 8.42 Å². The number of carbonyl (C=O) groups is 2. The summed E-state index contributed by atoms with van der Waals surface area (Å²) in [5.74, 6) is -1.01. The van der Waals surface area contributed by atoms with Gasteiger partial charge in [-0.05, 0) is 18.2 Å². The van der Waals surface area contributed by atoms with Gasteiger partial charge >= 0.3 is 0 Å². The molecular weight excluding hydrogens is 407 g/mol. The molecule has 142 valence electrons. The van der Waals surface area contributed by atoms with Gasteiger partial charge < -0.3 is 0 Å². The number of ketones is 2. The predicted molar refractivity (Wildman–Crippen MR) is 101 cm³/mol. The van der Waals surface area contributed by atoms with E-state index in [4.69, 9.17) is 16.2 Å². The number of benzene rings is 3. The minimum Gasteiger partial charge on any atom is -0.289 e. The number of hydrogen-bond acceptors (Lipinski definition) is 4. The summed E-state index contributed by atoms with van der Waals surface area (Å²) in [4.78, 5) is 23.7. The van der Waals surface area contributed by atoms with Crippen molar-refractivity contribution in [2.45, 2.75) is 4.90 Å². The molecule has 0 spiro atoms. The molecule has 0 atom stereocenters. The van der Waals surface area contributed by atoms with Crippen LogP contribution in [0.2, 0.25) is 5.02 Å². The fourth-order valence-electron chi connectivity index (χ4n) is 2.69. The average Bonchev–Trinajstić information content (AvgIpc) is 2.68. The standard InChI is InChI=1S/C14H8O2.C6H4ClFO3S/c15-13-9-5-1-2-6-10(9)14(16)12-8-4-3-7-11(12)13;7-5-2-1-4(3-6(5)8)12(9,10)11/h1-8H;1-3H,(H,9,10,11). The Bertz CT molecular complexity index is 1100. The minimum absolute atomic E-state index is 0.0641. The molecule has 3 aromatic carbocycles. The third kappa shape index (κ3) is 3.87. The van der Waals surface area contributed by atoms with Crippen molar-refractivity contribution < 1.29 is 27.0 Å². The molecule has 3 aromatic rings.